The molecule has 29 heavy (non-hydrogen) atoms. The van der Waals surface area contributed by atoms with Crippen LogP contribution in [0.3, 0.4) is 0 Å². The van der Waals surface area contributed by atoms with Gasteiger partial charge in [-0.05, 0) is 67.8 Å². The second-order valence-electron chi connectivity index (χ2n) is 8.32. The van der Waals surface area contributed by atoms with E-state index in [9.17, 15) is 4.79 Å². The lowest BCUT2D eigenvalue weighted by molar-refractivity contribution is -0.118. The van der Waals surface area contributed by atoms with E-state index in [4.69, 9.17) is 4.74 Å². The number of hydrogen-bond donors (Lipinski definition) is 1. The number of carbonyl (C=O) groups is 1. The molecule has 1 aliphatic rings. The number of piperazine rings is 1. The molecule has 1 N–H and O–H groups in total. The molecule has 0 spiro atoms. The van der Waals surface area contributed by atoms with E-state index in [0.29, 0.717) is 5.92 Å². The van der Waals surface area contributed by atoms with Crippen LogP contribution in [-0.2, 0) is 4.79 Å². The van der Waals surface area contributed by atoms with Gasteiger partial charge >= 0.3 is 0 Å². The molecular weight excluding hydrogens is 362 g/mol. The molecule has 0 unspecified atom stereocenters. The minimum absolute atomic E-state index is 0.00280. The van der Waals surface area contributed by atoms with Crippen LogP contribution in [0.2, 0.25) is 0 Å². The molecule has 0 aromatic heterocycles. The van der Waals surface area contributed by atoms with Gasteiger partial charge in [-0.3, -0.25) is 4.79 Å². The summed E-state index contributed by atoms with van der Waals surface area (Å²) in [5, 5.41) is 2.99. The van der Waals surface area contributed by atoms with Crippen molar-refractivity contribution in [2.75, 3.05) is 50.1 Å². The number of nitrogens with one attached hydrogen (secondary N) is 1. The summed E-state index contributed by atoms with van der Waals surface area (Å²) in [4.78, 5) is 17.2. The fourth-order valence-electron chi connectivity index (χ4n) is 3.62. The number of ether oxygens (including phenoxy) is 1. The highest BCUT2D eigenvalue weighted by molar-refractivity contribution is 5.92. The van der Waals surface area contributed by atoms with E-state index in [2.05, 4.69) is 60.3 Å². The highest BCUT2D eigenvalue weighted by Crippen LogP contribution is 2.28. The Morgan fingerprint density at radius 3 is 2.45 bits per heavy atom. The first kappa shape index (κ1) is 21.2. The molecule has 1 aliphatic heterocycles. The van der Waals surface area contributed by atoms with Gasteiger partial charge in [0.15, 0.2) is 6.61 Å². The van der Waals surface area contributed by atoms with Gasteiger partial charge in [-0.15, -0.1) is 0 Å². The first-order chi connectivity index (χ1) is 13.8. The fraction of sp³-hybridized carbons (Fsp3) is 0.458. The van der Waals surface area contributed by atoms with Crippen molar-refractivity contribution < 1.29 is 9.53 Å². The number of rotatable bonds is 6. The Balaban J connectivity index is 1.60. The lowest BCUT2D eigenvalue weighted by Crippen LogP contribution is -2.44. The molecule has 5 nitrogen and oxygen atoms in total. The first-order valence-electron chi connectivity index (χ1n) is 10.4. The predicted molar refractivity (Wildman–Crippen MR) is 120 cm³/mol. The van der Waals surface area contributed by atoms with Crippen molar-refractivity contribution in [2.45, 2.75) is 33.6 Å². The maximum atomic E-state index is 12.5. The third-order valence-corrected chi connectivity index (χ3v) is 5.50. The summed E-state index contributed by atoms with van der Waals surface area (Å²) >= 11 is 0. The largest absolute Gasteiger partial charge is 0.483 e. The van der Waals surface area contributed by atoms with Crippen LogP contribution in [0.15, 0.2) is 36.4 Å². The van der Waals surface area contributed by atoms with Gasteiger partial charge in [0.1, 0.15) is 5.75 Å². The van der Waals surface area contributed by atoms with E-state index in [-0.39, 0.29) is 12.5 Å². The number of likely N-dealkylation sites (N-methyl/N-ethyl adjacent to an activating group) is 1. The van der Waals surface area contributed by atoms with E-state index in [1.165, 1.54) is 5.69 Å². The van der Waals surface area contributed by atoms with Crippen molar-refractivity contribution in [2.24, 2.45) is 0 Å². The van der Waals surface area contributed by atoms with Gasteiger partial charge in [-0.25, -0.2) is 0 Å². The van der Waals surface area contributed by atoms with Crippen molar-refractivity contribution in [1.29, 1.82) is 0 Å². The summed E-state index contributed by atoms with van der Waals surface area (Å²) in [7, 11) is 2.16. The third kappa shape index (κ3) is 5.51. The quantitative estimate of drug-likeness (QED) is 0.796. The number of anilines is 2. The highest BCUT2D eigenvalue weighted by Gasteiger charge is 2.16. The molecule has 0 bridgehead atoms. The van der Waals surface area contributed by atoms with Gasteiger partial charge in [0, 0.05) is 37.6 Å². The van der Waals surface area contributed by atoms with Gasteiger partial charge in [-0.1, -0.05) is 26.0 Å². The van der Waals surface area contributed by atoms with Gasteiger partial charge in [0.2, 0.25) is 0 Å². The Labute approximate surface area is 174 Å². The molecule has 3 rings (SSSR count). The molecule has 2 aromatic carbocycles. The van der Waals surface area contributed by atoms with E-state index in [1.54, 1.807) is 0 Å². The third-order valence-electron chi connectivity index (χ3n) is 5.50. The summed E-state index contributed by atoms with van der Waals surface area (Å²) in [6.45, 7) is 12.5. The second kappa shape index (κ2) is 9.31. The Morgan fingerprint density at radius 2 is 1.79 bits per heavy atom. The Bertz CT molecular complexity index is 855. The standard InChI is InChI=1S/C24H33N3O2/c1-17(2)21-8-6-18(3)14-23(21)29-16-24(28)25-22-9-7-20(15-19(22)4)27-12-10-26(5)11-13-27/h6-9,14-15,17H,10-13,16H2,1-5H3,(H,25,28). The zero-order valence-electron chi connectivity index (χ0n) is 18.3. The lowest BCUT2D eigenvalue weighted by atomic mass is 10.0. The number of aryl methyl sites for hydroxylation is 2. The zero-order chi connectivity index (χ0) is 21.0. The summed E-state index contributed by atoms with van der Waals surface area (Å²) in [5.74, 6) is 0.993. The van der Waals surface area contributed by atoms with Crippen molar-refractivity contribution in [3.63, 3.8) is 0 Å². The minimum Gasteiger partial charge on any atom is -0.483 e. The van der Waals surface area contributed by atoms with Crippen LogP contribution < -0.4 is 15.0 Å². The van der Waals surface area contributed by atoms with Crippen LogP contribution >= 0.6 is 0 Å². The normalized spacial score (nSPS) is 14.9. The molecule has 0 radical (unpaired) electrons. The smallest absolute Gasteiger partial charge is 0.262 e. The molecule has 1 amide bonds. The van der Waals surface area contributed by atoms with Crippen LogP contribution in [0.5, 0.6) is 5.75 Å². The number of amides is 1. The predicted octanol–water partition coefficient (Wildman–Crippen LogP) is 4.20. The summed E-state index contributed by atoms with van der Waals surface area (Å²) in [5.41, 5.74) is 5.36. The second-order valence-corrected chi connectivity index (χ2v) is 8.32. The number of benzene rings is 2. The zero-order valence-corrected chi connectivity index (χ0v) is 18.3. The molecule has 1 heterocycles. The number of hydrogen-bond acceptors (Lipinski definition) is 4. The minimum atomic E-state index is -0.142. The number of nitrogens with zero attached hydrogens (tertiary/aromatic N) is 2. The summed E-state index contributed by atoms with van der Waals surface area (Å²) in [6, 6.07) is 12.4. The molecule has 0 saturated carbocycles. The lowest BCUT2D eigenvalue weighted by Gasteiger charge is -2.34. The maximum Gasteiger partial charge on any atom is 0.262 e. The molecule has 5 heteroatoms. The van der Waals surface area contributed by atoms with Crippen LogP contribution in [0.25, 0.3) is 0 Å². The van der Waals surface area contributed by atoms with E-state index >= 15 is 0 Å². The van der Waals surface area contributed by atoms with E-state index in [1.807, 2.05) is 26.0 Å². The monoisotopic (exact) mass is 395 g/mol. The molecule has 1 fully saturated rings. The molecule has 0 aliphatic carbocycles. The first-order valence-corrected chi connectivity index (χ1v) is 10.4. The number of carbonyl (C=O) groups excluding carboxylic acids is 1. The maximum absolute atomic E-state index is 12.5. The van der Waals surface area contributed by atoms with E-state index < -0.39 is 0 Å². The van der Waals surface area contributed by atoms with Crippen LogP contribution in [0, 0.1) is 13.8 Å². The molecule has 1 saturated heterocycles. The average molecular weight is 396 g/mol. The Hall–Kier alpha value is -2.53. The Kier molecular flexibility index (Phi) is 6.80. The molecule has 0 atom stereocenters. The van der Waals surface area contributed by atoms with Crippen LogP contribution in [-0.4, -0.2) is 50.6 Å². The van der Waals surface area contributed by atoms with Crippen LogP contribution in [0.4, 0.5) is 11.4 Å². The van der Waals surface area contributed by atoms with Crippen molar-refractivity contribution in [3.8, 4) is 5.75 Å². The van der Waals surface area contributed by atoms with Gasteiger partial charge in [0.05, 0.1) is 0 Å². The Morgan fingerprint density at radius 1 is 1.07 bits per heavy atom. The van der Waals surface area contributed by atoms with Crippen molar-refractivity contribution in [3.05, 3.63) is 53.1 Å². The van der Waals surface area contributed by atoms with Gasteiger partial charge in [0.25, 0.3) is 5.91 Å². The molecule has 156 valence electrons. The van der Waals surface area contributed by atoms with Gasteiger partial charge in [-0.2, -0.15) is 0 Å². The molecule has 2 aromatic rings. The highest BCUT2D eigenvalue weighted by atomic mass is 16.5. The van der Waals surface area contributed by atoms with Crippen molar-refractivity contribution in [1.82, 2.24) is 4.90 Å². The SMILES string of the molecule is Cc1ccc(C(C)C)c(OCC(=O)Nc2ccc(N3CCN(C)CC3)cc2C)c1. The van der Waals surface area contributed by atoms with Crippen LogP contribution in [0.1, 0.15) is 36.5 Å². The molecular formula is C24H33N3O2. The topological polar surface area (TPSA) is 44.8 Å². The van der Waals surface area contributed by atoms with Gasteiger partial charge < -0.3 is 19.9 Å². The summed E-state index contributed by atoms with van der Waals surface area (Å²) < 4.78 is 5.86. The fourth-order valence-corrected chi connectivity index (χ4v) is 3.62. The van der Waals surface area contributed by atoms with E-state index in [0.717, 1.165) is 54.3 Å². The average Bonchev–Trinajstić information content (AvgIpc) is 2.68. The van der Waals surface area contributed by atoms with Crippen molar-refractivity contribution >= 4 is 17.3 Å². The summed E-state index contributed by atoms with van der Waals surface area (Å²) in [6.07, 6.45) is 0.